The molecule has 18 heavy (non-hydrogen) atoms. The van der Waals surface area contributed by atoms with Crippen LogP contribution < -0.4 is 10.1 Å². The summed E-state index contributed by atoms with van der Waals surface area (Å²) in [5.74, 6) is 0.892. The molecule has 0 amide bonds. The Bertz CT molecular complexity index is 318. The second kappa shape index (κ2) is 9.88. The summed E-state index contributed by atoms with van der Waals surface area (Å²) in [5, 5.41) is 3.12. The van der Waals surface area contributed by atoms with Crippen LogP contribution in [-0.2, 0) is 16.0 Å². The van der Waals surface area contributed by atoms with Gasteiger partial charge in [-0.25, -0.2) is 0 Å². The third-order valence-electron chi connectivity index (χ3n) is 2.41. The van der Waals surface area contributed by atoms with Crippen LogP contribution in [0.25, 0.3) is 0 Å². The Morgan fingerprint density at radius 2 is 2.00 bits per heavy atom. The first-order valence-corrected chi connectivity index (χ1v) is 6.30. The highest BCUT2D eigenvalue weighted by molar-refractivity contribution is 5.28. The van der Waals surface area contributed by atoms with Crippen molar-refractivity contribution in [1.82, 2.24) is 5.32 Å². The van der Waals surface area contributed by atoms with Gasteiger partial charge in [0, 0.05) is 26.9 Å². The predicted molar refractivity (Wildman–Crippen MR) is 72.0 cm³/mol. The monoisotopic (exact) mass is 253 g/mol. The van der Waals surface area contributed by atoms with Crippen molar-refractivity contribution in [3.8, 4) is 5.75 Å². The number of hydrogen-bond donors (Lipinski definition) is 1. The van der Waals surface area contributed by atoms with E-state index < -0.39 is 0 Å². The predicted octanol–water partition coefficient (Wildman–Crippen LogP) is 1.84. The van der Waals surface area contributed by atoms with Crippen LogP contribution in [-0.4, -0.2) is 40.6 Å². The van der Waals surface area contributed by atoms with Crippen LogP contribution in [0, 0.1) is 0 Å². The van der Waals surface area contributed by atoms with Gasteiger partial charge in [0.05, 0.1) is 6.61 Å². The fraction of sp³-hybridized carbons (Fsp3) is 0.571. The smallest absolute Gasteiger partial charge is 0.119 e. The lowest BCUT2D eigenvalue weighted by molar-refractivity contribution is 0.0806. The van der Waals surface area contributed by atoms with E-state index in [9.17, 15) is 0 Å². The molecular weight excluding hydrogens is 230 g/mol. The fourth-order valence-electron chi connectivity index (χ4n) is 1.58. The van der Waals surface area contributed by atoms with Crippen LogP contribution in [0.15, 0.2) is 24.3 Å². The molecule has 4 heteroatoms. The highest BCUT2D eigenvalue weighted by atomic mass is 16.5. The van der Waals surface area contributed by atoms with E-state index in [0.717, 1.165) is 31.9 Å². The molecule has 0 spiro atoms. The largest absolute Gasteiger partial charge is 0.491 e. The van der Waals surface area contributed by atoms with Gasteiger partial charge in [0.15, 0.2) is 0 Å². The molecule has 0 saturated carbocycles. The van der Waals surface area contributed by atoms with Gasteiger partial charge >= 0.3 is 0 Å². The standard InChI is InChI=1S/C14H23NO3/c1-15-12-13-5-3-6-14(11-13)18-10-9-17-8-4-7-16-2/h3,5-6,11,15H,4,7-10,12H2,1-2H3. The van der Waals surface area contributed by atoms with Crippen molar-refractivity contribution in [2.45, 2.75) is 13.0 Å². The van der Waals surface area contributed by atoms with Gasteiger partial charge in [-0.1, -0.05) is 12.1 Å². The summed E-state index contributed by atoms with van der Waals surface area (Å²) in [6.07, 6.45) is 0.925. The summed E-state index contributed by atoms with van der Waals surface area (Å²) >= 11 is 0. The Hall–Kier alpha value is -1.10. The molecule has 0 aromatic heterocycles. The minimum Gasteiger partial charge on any atom is -0.491 e. The van der Waals surface area contributed by atoms with E-state index in [1.54, 1.807) is 7.11 Å². The van der Waals surface area contributed by atoms with Gasteiger partial charge in [0.1, 0.15) is 12.4 Å². The van der Waals surface area contributed by atoms with E-state index in [1.165, 1.54) is 5.56 Å². The molecule has 0 aliphatic carbocycles. The van der Waals surface area contributed by atoms with Crippen LogP contribution in [0.2, 0.25) is 0 Å². The van der Waals surface area contributed by atoms with Gasteiger partial charge in [0.25, 0.3) is 0 Å². The molecule has 0 aliphatic heterocycles. The maximum Gasteiger partial charge on any atom is 0.119 e. The number of methoxy groups -OCH3 is 1. The van der Waals surface area contributed by atoms with Gasteiger partial charge in [-0.2, -0.15) is 0 Å². The first-order valence-electron chi connectivity index (χ1n) is 6.30. The van der Waals surface area contributed by atoms with E-state index >= 15 is 0 Å². The van der Waals surface area contributed by atoms with Crippen LogP contribution in [0.5, 0.6) is 5.75 Å². The first kappa shape index (κ1) is 15.0. The lowest BCUT2D eigenvalue weighted by atomic mass is 10.2. The molecule has 4 nitrogen and oxygen atoms in total. The summed E-state index contributed by atoms with van der Waals surface area (Å²) < 4.78 is 16.0. The SMILES string of the molecule is CNCc1cccc(OCCOCCCOC)c1. The van der Waals surface area contributed by atoms with E-state index in [0.29, 0.717) is 13.2 Å². The van der Waals surface area contributed by atoms with Crippen molar-refractivity contribution in [2.24, 2.45) is 0 Å². The Kier molecular flexibility index (Phi) is 8.21. The molecule has 1 aromatic rings. The maximum absolute atomic E-state index is 5.62. The third kappa shape index (κ3) is 6.59. The first-order chi connectivity index (χ1) is 8.86. The number of hydrogen-bond acceptors (Lipinski definition) is 4. The molecule has 1 aromatic carbocycles. The number of ether oxygens (including phenoxy) is 3. The minimum absolute atomic E-state index is 0.579. The Balaban J connectivity index is 2.13. The van der Waals surface area contributed by atoms with Crippen LogP contribution in [0.3, 0.4) is 0 Å². The third-order valence-corrected chi connectivity index (χ3v) is 2.41. The molecule has 102 valence electrons. The van der Waals surface area contributed by atoms with Gasteiger partial charge in [-0.05, 0) is 31.2 Å². The van der Waals surface area contributed by atoms with Crippen molar-refractivity contribution < 1.29 is 14.2 Å². The molecule has 1 rings (SSSR count). The molecule has 0 atom stereocenters. The van der Waals surface area contributed by atoms with Gasteiger partial charge < -0.3 is 19.5 Å². The van der Waals surface area contributed by atoms with Crippen molar-refractivity contribution >= 4 is 0 Å². The topological polar surface area (TPSA) is 39.7 Å². The van der Waals surface area contributed by atoms with Gasteiger partial charge in [-0.3, -0.25) is 0 Å². The summed E-state index contributed by atoms with van der Waals surface area (Å²) in [7, 11) is 3.63. The Morgan fingerprint density at radius 1 is 1.11 bits per heavy atom. The molecule has 0 radical (unpaired) electrons. The maximum atomic E-state index is 5.62. The quantitative estimate of drug-likeness (QED) is 0.646. The van der Waals surface area contributed by atoms with Crippen molar-refractivity contribution in [1.29, 1.82) is 0 Å². The highest BCUT2D eigenvalue weighted by Crippen LogP contribution is 2.12. The second-order valence-corrected chi connectivity index (χ2v) is 3.98. The molecule has 0 unspecified atom stereocenters. The van der Waals surface area contributed by atoms with Crippen LogP contribution in [0.1, 0.15) is 12.0 Å². The zero-order valence-electron chi connectivity index (χ0n) is 11.3. The number of benzene rings is 1. The summed E-state index contributed by atoms with van der Waals surface area (Å²) in [6, 6.07) is 8.08. The normalized spacial score (nSPS) is 10.6. The van der Waals surface area contributed by atoms with Gasteiger partial charge in [-0.15, -0.1) is 0 Å². The molecule has 1 N–H and O–H groups in total. The highest BCUT2D eigenvalue weighted by Gasteiger charge is 1.96. The second-order valence-electron chi connectivity index (χ2n) is 3.98. The molecule has 0 fully saturated rings. The van der Waals surface area contributed by atoms with Crippen molar-refractivity contribution in [3.63, 3.8) is 0 Å². The lowest BCUT2D eigenvalue weighted by Gasteiger charge is -2.08. The average Bonchev–Trinajstić information content (AvgIpc) is 2.39. The summed E-state index contributed by atoms with van der Waals surface area (Å²) in [5.41, 5.74) is 1.22. The molecule has 0 aliphatic rings. The zero-order chi connectivity index (χ0) is 13.1. The van der Waals surface area contributed by atoms with Crippen molar-refractivity contribution in [3.05, 3.63) is 29.8 Å². The molecule has 0 bridgehead atoms. The van der Waals surface area contributed by atoms with E-state index in [2.05, 4.69) is 11.4 Å². The average molecular weight is 253 g/mol. The molecule has 0 heterocycles. The Morgan fingerprint density at radius 3 is 2.78 bits per heavy atom. The van der Waals surface area contributed by atoms with Crippen LogP contribution >= 0.6 is 0 Å². The molecular formula is C14H23NO3. The fourth-order valence-corrected chi connectivity index (χ4v) is 1.58. The van der Waals surface area contributed by atoms with Gasteiger partial charge in [0.2, 0.25) is 0 Å². The van der Waals surface area contributed by atoms with E-state index in [-0.39, 0.29) is 0 Å². The van der Waals surface area contributed by atoms with E-state index in [1.807, 2.05) is 25.2 Å². The number of nitrogens with one attached hydrogen (secondary N) is 1. The van der Waals surface area contributed by atoms with E-state index in [4.69, 9.17) is 14.2 Å². The lowest BCUT2D eigenvalue weighted by Crippen LogP contribution is -2.09. The molecule has 0 saturated heterocycles. The Labute approximate surface area is 109 Å². The minimum atomic E-state index is 0.579. The number of rotatable bonds is 10. The summed E-state index contributed by atoms with van der Waals surface area (Å²) in [6.45, 7) is 3.50. The summed E-state index contributed by atoms with van der Waals surface area (Å²) in [4.78, 5) is 0. The zero-order valence-corrected chi connectivity index (χ0v) is 11.3. The van der Waals surface area contributed by atoms with Crippen molar-refractivity contribution in [2.75, 3.05) is 40.6 Å². The van der Waals surface area contributed by atoms with Crippen LogP contribution in [0.4, 0.5) is 0 Å².